The monoisotopic (exact) mass is 261 g/mol. The number of methoxy groups -OCH3 is 1. The molecule has 0 saturated heterocycles. The fourth-order valence-corrected chi connectivity index (χ4v) is 1.19. The number of nitrogens with zero attached hydrogens (tertiary/aromatic N) is 1. The van der Waals surface area contributed by atoms with E-state index in [1.165, 1.54) is 0 Å². The summed E-state index contributed by atoms with van der Waals surface area (Å²) in [4.78, 5) is 3.97. The average Bonchev–Trinajstić information content (AvgIpc) is 2.08. The molecule has 0 bridgehead atoms. The summed E-state index contributed by atoms with van der Waals surface area (Å²) in [5.74, 6) is 0.502. The highest BCUT2D eigenvalue weighted by atomic mass is 79.9. The van der Waals surface area contributed by atoms with E-state index >= 15 is 0 Å². The van der Waals surface area contributed by atoms with Crippen LogP contribution in [-0.2, 0) is 0 Å². The Morgan fingerprint density at radius 2 is 2.46 bits per heavy atom. The Kier molecular flexibility index (Phi) is 3.44. The largest absolute Gasteiger partial charge is 0.481 e. The van der Waals surface area contributed by atoms with Gasteiger partial charge < -0.3 is 15.8 Å². The van der Waals surface area contributed by atoms with Gasteiger partial charge in [0.05, 0.1) is 17.3 Å². The van der Waals surface area contributed by atoms with Crippen LogP contribution in [0.2, 0.25) is 0 Å². The summed E-state index contributed by atoms with van der Waals surface area (Å²) in [6.45, 7) is 0. The molecule has 0 amide bonds. The van der Waals surface area contributed by atoms with E-state index in [1.807, 2.05) is 0 Å². The Balaban J connectivity index is 2.96. The van der Waals surface area contributed by atoms with Gasteiger partial charge in [-0.15, -0.1) is 0 Å². The lowest BCUT2D eigenvalue weighted by Gasteiger charge is -2.07. The molecule has 0 saturated carbocycles. The maximum Gasteiger partial charge on any atom is 0.215 e. The molecule has 0 aliphatic carbocycles. The van der Waals surface area contributed by atoms with Crippen molar-refractivity contribution in [1.82, 2.24) is 4.98 Å². The van der Waals surface area contributed by atoms with Crippen LogP contribution in [0.25, 0.3) is 0 Å². The molecular weight excluding hydrogens is 254 g/mol. The van der Waals surface area contributed by atoms with Crippen molar-refractivity contribution in [1.29, 1.82) is 0 Å². The third-order valence-electron chi connectivity index (χ3n) is 1.30. The number of thiocarbonyl (C=S) groups is 1. The molecular formula is C7H8BrN3OS. The Labute approximate surface area is 89.6 Å². The summed E-state index contributed by atoms with van der Waals surface area (Å²) in [7, 11) is 1.54. The molecule has 0 unspecified atom stereocenters. The van der Waals surface area contributed by atoms with Crippen LogP contribution < -0.4 is 15.8 Å². The van der Waals surface area contributed by atoms with E-state index in [1.54, 1.807) is 19.4 Å². The number of ether oxygens (including phenoxy) is 1. The van der Waals surface area contributed by atoms with Crippen LogP contribution in [0.15, 0.2) is 16.7 Å². The van der Waals surface area contributed by atoms with Gasteiger partial charge in [-0.2, -0.15) is 0 Å². The number of nitrogens with two attached hydrogens (primary N) is 1. The maximum absolute atomic E-state index is 5.32. The van der Waals surface area contributed by atoms with Gasteiger partial charge in [0.15, 0.2) is 5.11 Å². The zero-order valence-electron chi connectivity index (χ0n) is 6.87. The zero-order valence-corrected chi connectivity index (χ0v) is 9.28. The standard InChI is InChI=1S/C7H8BrN3OS/c1-12-6-2-5(11-7(9)13)4(8)3-10-6/h2-3H,1H3,(H3,9,10,11,13). The number of rotatable bonds is 2. The first kappa shape index (κ1) is 10.2. The number of nitrogens with one attached hydrogen (secondary N) is 1. The molecule has 1 heterocycles. The summed E-state index contributed by atoms with van der Waals surface area (Å²) in [5, 5.41) is 2.99. The van der Waals surface area contributed by atoms with Crippen molar-refractivity contribution in [2.24, 2.45) is 5.73 Å². The summed E-state index contributed by atoms with van der Waals surface area (Å²) >= 11 is 7.99. The Hall–Kier alpha value is -0.880. The second-order valence-electron chi connectivity index (χ2n) is 2.20. The highest BCUT2D eigenvalue weighted by Crippen LogP contribution is 2.24. The van der Waals surface area contributed by atoms with Gasteiger partial charge in [-0.25, -0.2) is 4.98 Å². The molecule has 70 valence electrons. The highest BCUT2D eigenvalue weighted by Gasteiger charge is 2.02. The molecule has 0 aliphatic rings. The lowest BCUT2D eigenvalue weighted by Crippen LogP contribution is -2.19. The molecule has 1 rings (SSSR count). The first-order chi connectivity index (χ1) is 6.13. The van der Waals surface area contributed by atoms with Crippen molar-refractivity contribution >= 4 is 38.9 Å². The van der Waals surface area contributed by atoms with E-state index in [4.69, 9.17) is 22.7 Å². The molecule has 0 spiro atoms. The van der Waals surface area contributed by atoms with Gasteiger partial charge in [0.1, 0.15) is 0 Å². The molecule has 0 radical (unpaired) electrons. The van der Waals surface area contributed by atoms with Gasteiger partial charge in [-0.1, -0.05) is 0 Å². The number of anilines is 1. The first-order valence-electron chi connectivity index (χ1n) is 3.39. The second kappa shape index (κ2) is 4.38. The zero-order chi connectivity index (χ0) is 9.84. The smallest absolute Gasteiger partial charge is 0.215 e. The maximum atomic E-state index is 5.32. The van der Waals surface area contributed by atoms with Crippen LogP contribution in [-0.4, -0.2) is 17.2 Å². The van der Waals surface area contributed by atoms with E-state index in [0.29, 0.717) is 5.88 Å². The van der Waals surface area contributed by atoms with Crippen molar-refractivity contribution in [2.75, 3.05) is 12.4 Å². The molecule has 3 N–H and O–H groups in total. The van der Waals surface area contributed by atoms with Crippen LogP contribution in [0.4, 0.5) is 5.69 Å². The SMILES string of the molecule is COc1cc(NC(N)=S)c(Br)cn1. The predicted molar refractivity (Wildman–Crippen MR) is 58.9 cm³/mol. The second-order valence-corrected chi connectivity index (χ2v) is 3.49. The third-order valence-corrected chi connectivity index (χ3v) is 2.03. The van der Waals surface area contributed by atoms with Gasteiger partial charge in [-0.05, 0) is 28.1 Å². The van der Waals surface area contributed by atoms with E-state index in [2.05, 4.69) is 26.2 Å². The minimum atomic E-state index is 0.203. The third kappa shape index (κ3) is 2.82. The van der Waals surface area contributed by atoms with E-state index < -0.39 is 0 Å². The molecule has 13 heavy (non-hydrogen) atoms. The summed E-state index contributed by atoms with van der Waals surface area (Å²) < 4.78 is 5.71. The molecule has 1 aromatic rings. The normalized spacial score (nSPS) is 9.38. The summed E-state index contributed by atoms with van der Waals surface area (Å²) in [5.41, 5.74) is 6.06. The van der Waals surface area contributed by atoms with Crippen molar-refractivity contribution in [3.8, 4) is 5.88 Å². The van der Waals surface area contributed by atoms with Crippen molar-refractivity contribution in [2.45, 2.75) is 0 Å². The van der Waals surface area contributed by atoms with Crippen LogP contribution in [0.3, 0.4) is 0 Å². The molecule has 0 aromatic carbocycles. The number of pyridine rings is 1. The summed E-state index contributed by atoms with van der Waals surface area (Å²) in [6, 6.07) is 1.70. The van der Waals surface area contributed by atoms with Crippen LogP contribution >= 0.6 is 28.1 Å². The molecule has 0 fully saturated rings. The topological polar surface area (TPSA) is 60.2 Å². The molecule has 6 heteroatoms. The lowest BCUT2D eigenvalue weighted by atomic mass is 10.4. The molecule has 1 aromatic heterocycles. The van der Waals surface area contributed by atoms with Crippen LogP contribution in [0, 0.1) is 0 Å². The Bertz CT molecular complexity index is 332. The number of hydrogen-bond donors (Lipinski definition) is 2. The van der Waals surface area contributed by atoms with Gasteiger partial charge in [-0.3, -0.25) is 0 Å². The molecule has 0 atom stereocenters. The van der Waals surface area contributed by atoms with Gasteiger partial charge in [0, 0.05) is 12.3 Å². The van der Waals surface area contributed by atoms with Crippen molar-refractivity contribution < 1.29 is 4.74 Å². The quantitative estimate of drug-likeness (QED) is 0.791. The average molecular weight is 262 g/mol. The number of halogens is 1. The van der Waals surface area contributed by atoms with Crippen LogP contribution in [0.5, 0.6) is 5.88 Å². The molecule has 4 nitrogen and oxygen atoms in total. The van der Waals surface area contributed by atoms with E-state index in [9.17, 15) is 0 Å². The number of aromatic nitrogens is 1. The van der Waals surface area contributed by atoms with E-state index in [-0.39, 0.29) is 5.11 Å². The van der Waals surface area contributed by atoms with Crippen LogP contribution in [0.1, 0.15) is 0 Å². The van der Waals surface area contributed by atoms with E-state index in [0.717, 1.165) is 10.2 Å². The van der Waals surface area contributed by atoms with Gasteiger partial charge in [0.2, 0.25) is 5.88 Å². The first-order valence-corrected chi connectivity index (χ1v) is 4.59. The summed E-state index contributed by atoms with van der Waals surface area (Å²) in [6.07, 6.45) is 1.61. The number of hydrogen-bond acceptors (Lipinski definition) is 3. The highest BCUT2D eigenvalue weighted by molar-refractivity contribution is 9.10. The van der Waals surface area contributed by atoms with Crippen molar-refractivity contribution in [3.63, 3.8) is 0 Å². The minimum Gasteiger partial charge on any atom is -0.481 e. The minimum absolute atomic E-state index is 0.203. The van der Waals surface area contributed by atoms with Crippen molar-refractivity contribution in [3.05, 3.63) is 16.7 Å². The fourth-order valence-electron chi connectivity index (χ4n) is 0.760. The van der Waals surface area contributed by atoms with Gasteiger partial charge >= 0.3 is 0 Å². The predicted octanol–water partition coefficient (Wildman–Crippen LogP) is 1.51. The fraction of sp³-hybridized carbons (Fsp3) is 0.143. The Morgan fingerprint density at radius 1 is 1.77 bits per heavy atom. The molecule has 0 aliphatic heterocycles. The Morgan fingerprint density at radius 3 is 3.00 bits per heavy atom. The lowest BCUT2D eigenvalue weighted by molar-refractivity contribution is 0.398. The van der Waals surface area contributed by atoms with Gasteiger partial charge in [0.25, 0.3) is 0 Å².